The molecule has 0 saturated heterocycles. The molecule has 2 fully saturated rings. The van der Waals surface area contributed by atoms with E-state index in [1.807, 2.05) is 0 Å². The van der Waals surface area contributed by atoms with Crippen LogP contribution in [0.15, 0.2) is 24.3 Å². The number of benzene rings is 1. The topological polar surface area (TPSA) is 82.6 Å². The molecule has 35 heavy (non-hydrogen) atoms. The second-order valence-corrected chi connectivity index (χ2v) is 13.0. The van der Waals surface area contributed by atoms with Crippen molar-refractivity contribution >= 4 is 16.9 Å². The molecule has 1 unspecified atom stereocenters. The van der Waals surface area contributed by atoms with E-state index in [1.165, 1.54) is 29.1 Å². The Morgan fingerprint density at radius 3 is 2.60 bits per heavy atom. The van der Waals surface area contributed by atoms with Crippen molar-refractivity contribution in [2.45, 2.75) is 110 Å². The fourth-order valence-corrected chi connectivity index (χ4v) is 8.71. The van der Waals surface area contributed by atoms with Gasteiger partial charge in [0.1, 0.15) is 6.10 Å². The zero-order valence-corrected chi connectivity index (χ0v) is 22.3. The number of H-pyrrole nitrogens is 1. The van der Waals surface area contributed by atoms with E-state index in [2.05, 4.69) is 50.0 Å². The smallest absolute Gasteiger partial charge is 0.302 e. The minimum atomic E-state index is -1.15. The molecule has 5 nitrogen and oxygen atoms in total. The third kappa shape index (κ3) is 3.52. The van der Waals surface area contributed by atoms with Crippen LogP contribution in [0.25, 0.3) is 10.9 Å². The van der Waals surface area contributed by atoms with Gasteiger partial charge < -0.3 is 19.9 Å². The first kappa shape index (κ1) is 24.8. The van der Waals surface area contributed by atoms with E-state index < -0.39 is 11.7 Å². The number of carbonyl (C=O) groups excluding carboxylic acids is 1. The maximum Gasteiger partial charge on any atom is 0.302 e. The van der Waals surface area contributed by atoms with Gasteiger partial charge in [0, 0.05) is 34.4 Å². The van der Waals surface area contributed by atoms with Gasteiger partial charge in [-0.25, -0.2) is 0 Å². The first-order valence-electron chi connectivity index (χ1n) is 13.5. The van der Waals surface area contributed by atoms with Gasteiger partial charge in [0.2, 0.25) is 0 Å². The lowest BCUT2D eigenvalue weighted by atomic mass is 9.40. The predicted octanol–water partition coefficient (Wildman–Crippen LogP) is 5.66. The summed E-state index contributed by atoms with van der Waals surface area (Å²) in [4.78, 5) is 16.0. The van der Waals surface area contributed by atoms with Crippen LogP contribution in [0.3, 0.4) is 0 Å². The van der Waals surface area contributed by atoms with E-state index in [9.17, 15) is 15.0 Å². The maximum atomic E-state index is 12.1. The lowest BCUT2D eigenvalue weighted by molar-refractivity contribution is -0.193. The number of fused-ring (bicyclic) bond motifs is 7. The van der Waals surface area contributed by atoms with Crippen LogP contribution in [0.5, 0.6) is 0 Å². The number of aromatic amines is 1. The minimum absolute atomic E-state index is 0.0155. The third-order valence-electron chi connectivity index (χ3n) is 10.9. The van der Waals surface area contributed by atoms with Crippen LogP contribution in [0.2, 0.25) is 0 Å². The lowest BCUT2D eigenvalue weighted by Crippen LogP contribution is -2.63. The molecule has 3 N–H and O–H groups in total. The van der Waals surface area contributed by atoms with E-state index in [0.29, 0.717) is 18.3 Å². The summed E-state index contributed by atoms with van der Waals surface area (Å²) in [6.45, 7) is 12.1. The summed E-state index contributed by atoms with van der Waals surface area (Å²) in [5.41, 5.74) is 2.77. The number of ether oxygens (including phenoxy) is 1. The molecule has 0 radical (unpaired) electrons. The highest BCUT2D eigenvalue weighted by Gasteiger charge is 2.67. The Kier molecular flexibility index (Phi) is 5.73. The molecule has 3 aliphatic carbocycles. The summed E-state index contributed by atoms with van der Waals surface area (Å²) in [6, 6.07) is 8.69. The molecule has 192 valence electrons. The number of nitrogens with one attached hydrogen (secondary N) is 1. The van der Waals surface area contributed by atoms with Gasteiger partial charge in [0.05, 0.1) is 11.7 Å². The van der Waals surface area contributed by atoms with E-state index >= 15 is 0 Å². The molecule has 0 spiro atoms. The van der Waals surface area contributed by atoms with Gasteiger partial charge in [-0.3, -0.25) is 4.79 Å². The maximum absolute atomic E-state index is 12.1. The van der Waals surface area contributed by atoms with Crippen molar-refractivity contribution in [1.82, 2.24) is 4.98 Å². The van der Waals surface area contributed by atoms with Crippen molar-refractivity contribution in [3.63, 3.8) is 0 Å². The summed E-state index contributed by atoms with van der Waals surface area (Å²) in [7, 11) is 0. The molecule has 5 heteroatoms. The average Bonchev–Trinajstić information content (AvgIpc) is 3.29. The van der Waals surface area contributed by atoms with Crippen LogP contribution < -0.4 is 0 Å². The average molecular weight is 482 g/mol. The number of hydrogen-bond acceptors (Lipinski definition) is 4. The number of esters is 1. The zero-order valence-electron chi connectivity index (χ0n) is 22.3. The molecule has 0 aliphatic heterocycles. The Balaban J connectivity index is 1.57. The SMILES string of the molecule is CC(=O)O[C@H]1CC[C@@]2(C)C(CC[C@H]3Cc4c([nH]c5ccccc45)[C@@]32C)[C@]1(C)CC[C@H](O)C(C)(C)O. The predicted molar refractivity (Wildman–Crippen MR) is 138 cm³/mol. The Hall–Kier alpha value is -1.85. The molecular formula is C30H43NO4. The van der Waals surface area contributed by atoms with Crippen LogP contribution in [-0.2, 0) is 21.4 Å². The van der Waals surface area contributed by atoms with Gasteiger partial charge in [-0.05, 0) is 87.7 Å². The molecule has 2 saturated carbocycles. The van der Waals surface area contributed by atoms with Crippen LogP contribution in [0, 0.1) is 22.7 Å². The molecule has 1 aromatic heterocycles. The normalized spacial score (nSPS) is 37.4. The fraction of sp³-hybridized carbons (Fsp3) is 0.700. The summed E-state index contributed by atoms with van der Waals surface area (Å²) in [6.07, 6.45) is 5.45. The quantitative estimate of drug-likeness (QED) is 0.482. The number of aromatic nitrogens is 1. The van der Waals surface area contributed by atoms with Gasteiger partial charge >= 0.3 is 5.97 Å². The van der Waals surface area contributed by atoms with E-state index in [1.54, 1.807) is 13.8 Å². The molecule has 1 aromatic carbocycles. The third-order valence-corrected chi connectivity index (χ3v) is 10.9. The van der Waals surface area contributed by atoms with E-state index in [0.717, 1.165) is 38.5 Å². The Bertz CT molecular complexity index is 1130. The van der Waals surface area contributed by atoms with Crippen molar-refractivity contribution in [2.75, 3.05) is 0 Å². The summed E-state index contributed by atoms with van der Waals surface area (Å²) in [5, 5.41) is 22.5. The molecule has 1 heterocycles. The van der Waals surface area contributed by atoms with Gasteiger partial charge in [0.25, 0.3) is 0 Å². The number of carbonyl (C=O) groups is 1. The summed E-state index contributed by atoms with van der Waals surface area (Å²) >= 11 is 0. The van der Waals surface area contributed by atoms with Gasteiger partial charge in [-0.15, -0.1) is 0 Å². The van der Waals surface area contributed by atoms with Gasteiger partial charge in [0.15, 0.2) is 0 Å². The van der Waals surface area contributed by atoms with Crippen LogP contribution in [0.4, 0.5) is 0 Å². The number of hydrogen-bond donors (Lipinski definition) is 3. The highest BCUT2D eigenvalue weighted by molar-refractivity contribution is 5.86. The number of aliphatic hydroxyl groups is 2. The largest absolute Gasteiger partial charge is 0.462 e. The van der Waals surface area contributed by atoms with Crippen molar-refractivity contribution in [1.29, 1.82) is 0 Å². The van der Waals surface area contributed by atoms with E-state index in [-0.39, 0.29) is 28.3 Å². The fourth-order valence-electron chi connectivity index (χ4n) is 8.71. The van der Waals surface area contributed by atoms with Crippen molar-refractivity contribution in [2.24, 2.45) is 22.7 Å². The zero-order chi connectivity index (χ0) is 25.4. The van der Waals surface area contributed by atoms with Gasteiger partial charge in [-0.2, -0.15) is 0 Å². The second kappa shape index (κ2) is 8.08. The van der Waals surface area contributed by atoms with Crippen LogP contribution in [0.1, 0.15) is 91.3 Å². The van der Waals surface area contributed by atoms with Crippen LogP contribution >= 0.6 is 0 Å². The molecule has 0 amide bonds. The van der Waals surface area contributed by atoms with Crippen molar-refractivity contribution < 1.29 is 19.7 Å². The summed E-state index contributed by atoms with van der Waals surface area (Å²) < 4.78 is 5.99. The summed E-state index contributed by atoms with van der Waals surface area (Å²) in [5.74, 6) is 0.721. The Morgan fingerprint density at radius 1 is 1.20 bits per heavy atom. The highest BCUT2D eigenvalue weighted by atomic mass is 16.5. The molecule has 2 aromatic rings. The molecule has 7 atom stereocenters. The van der Waals surface area contributed by atoms with E-state index in [4.69, 9.17) is 4.74 Å². The Labute approximate surface area is 209 Å². The van der Waals surface area contributed by atoms with Gasteiger partial charge in [-0.1, -0.05) is 39.0 Å². The number of para-hydroxylation sites is 1. The van der Waals surface area contributed by atoms with Crippen molar-refractivity contribution in [3.8, 4) is 0 Å². The molecule has 5 rings (SSSR count). The second-order valence-electron chi connectivity index (χ2n) is 13.0. The highest BCUT2D eigenvalue weighted by Crippen LogP contribution is 2.70. The lowest BCUT2D eigenvalue weighted by Gasteiger charge is -2.65. The van der Waals surface area contributed by atoms with Crippen LogP contribution in [-0.4, -0.2) is 39.0 Å². The number of rotatable bonds is 5. The first-order valence-corrected chi connectivity index (χ1v) is 13.5. The standard InChI is InChI=1S/C30H43NO4/c1-18(32)35-25-14-16-29(5)23(28(25,4)15-13-24(33)27(2,3)34)12-11-19-17-21-20-9-7-8-10-22(20)31-26(21)30(19,29)6/h7-10,19,23-25,31,33-34H,11-17H2,1-6H3/t19-,23?,24-,25-,28-,29-,30+/m0/s1. The number of aliphatic hydroxyl groups excluding tert-OH is 1. The molecule has 3 aliphatic rings. The van der Waals surface area contributed by atoms with Crippen molar-refractivity contribution in [3.05, 3.63) is 35.5 Å². The monoisotopic (exact) mass is 481 g/mol. The minimum Gasteiger partial charge on any atom is -0.462 e. The molecular weight excluding hydrogens is 438 g/mol. The first-order chi connectivity index (χ1) is 16.3. The molecule has 0 bridgehead atoms. The Morgan fingerprint density at radius 2 is 1.91 bits per heavy atom.